The molecule has 1 atom stereocenters. The van der Waals surface area contributed by atoms with Gasteiger partial charge in [-0.05, 0) is 35.8 Å². The zero-order valence-corrected chi connectivity index (χ0v) is 16.8. The molecule has 6 heteroatoms. The topological polar surface area (TPSA) is 60.1 Å². The van der Waals surface area contributed by atoms with Crippen LogP contribution in [-0.2, 0) is 6.42 Å². The third-order valence-electron chi connectivity index (χ3n) is 5.07. The number of benzene rings is 1. The van der Waals surface area contributed by atoms with Crippen LogP contribution in [0.4, 0.5) is 0 Å². The Hall–Kier alpha value is -2.21. The SMILES string of the molecule is CCCSc1nc2nc3c(cn2n1)C(=O)CC(c1ccc(C(C)C)cc1)C3. The number of carbonyl (C=O) groups is 1. The number of fused-ring (bicyclic) bond motifs is 2. The molecule has 1 unspecified atom stereocenters. The lowest BCUT2D eigenvalue weighted by atomic mass is 9.81. The van der Waals surface area contributed by atoms with Crippen molar-refractivity contribution in [3.8, 4) is 0 Å². The summed E-state index contributed by atoms with van der Waals surface area (Å²) in [5.74, 6) is 2.38. The molecule has 4 rings (SSSR count). The van der Waals surface area contributed by atoms with Crippen LogP contribution < -0.4 is 0 Å². The van der Waals surface area contributed by atoms with Crippen molar-refractivity contribution in [2.24, 2.45) is 0 Å². The number of hydrogen-bond donors (Lipinski definition) is 0. The van der Waals surface area contributed by atoms with Gasteiger partial charge in [-0.25, -0.2) is 9.50 Å². The van der Waals surface area contributed by atoms with Crippen LogP contribution in [-0.4, -0.2) is 31.1 Å². The van der Waals surface area contributed by atoms with Crippen molar-refractivity contribution in [2.75, 3.05) is 5.75 Å². The Bertz CT molecular complexity index is 978. The molecule has 0 saturated heterocycles. The molecule has 0 spiro atoms. The Balaban J connectivity index is 1.63. The number of hydrogen-bond acceptors (Lipinski definition) is 5. The molecule has 0 N–H and O–H groups in total. The van der Waals surface area contributed by atoms with Crippen molar-refractivity contribution in [3.63, 3.8) is 0 Å². The molecule has 1 aliphatic carbocycles. The van der Waals surface area contributed by atoms with Crippen molar-refractivity contribution < 1.29 is 4.79 Å². The van der Waals surface area contributed by atoms with Crippen molar-refractivity contribution in [1.29, 1.82) is 0 Å². The van der Waals surface area contributed by atoms with Crippen molar-refractivity contribution in [3.05, 3.63) is 52.8 Å². The average molecular weight is 381 g/mol. The fraction of sp³-hybridized carbons (Fsp3) is 0.429. The first-order chi connectivity index (χ1) is 13.0. The average Bonchev–Trinajstić information content (AvgIpc) is 3.06. The lowest BCUT2D eigenvalue weighted by molar-refractivity contribution is 0.0962. The lowest BCUT2D eigenvalue weighted by Gasteiger charge is -2.23. The Morgan fingerprint density at radius 1 is 1.19 bits per heavy atom. The maximum Gasteiger partial charge on any atom is 0.253 e. The molecule has 140 valence electrons. The number of ketones is 1. The molecule has 1 aliphatic rings. The van der Waals surface area contributed by atoms with Crippen LogP contribution in [0.15, 0.2) is 35.6 Å². The second kappa shape index (κ2) is 7.43. The van der Waals surface area contributed by atoms with E-state index in [2.05, 4.69) is 60.1 Å². The van der Waals surface area contributed by atoms with Gasteiger partial charge >= 0.3 is 0 Å². The molecule has 1 aromatic carbocycles. The summed E-state index contributed by atoms with van der Waals surface area (Å²) in [5.41, 5.74) is 4.06. The van der Waals surface area contributed by atoms with Gasteiger partial charge in [-0.1, -0.05) is 56.8 Å². The molecule has 0 bridgehead atoms. The number of aromatic nitrogens is 4. The summed E-state index contributed by atoms with van der Waals surface area (Å²) >= 11 is 1.62. The van der Waals surface area contributed by atoms with Gasteiger partial charge in [-0.3, -0.25) is 4.79 Å². The first-order valence-electron chi connectivity index (χ1n) is 9.57. The third-order valence-corrected chi connectivity index (χ3v) is 6.12. The maximum absolute atomic E-state index is 12.8. The highest BCUT2D eigenvalue weighted by Crippen LogP contribution is 2.32. The summed E-state index contributed by atoms with van der Waals surface area (Å²) in [7, 11) is 0. The van der Waals surface area contributed by atoms with E-state index >= 15 is 0 Å². The van der Waals surface area contributed by atoms with Gasteiger partial charge in [-0.2, -0.15) is 4.98 Å². The highest BCUT2D eigenvalue weighted by atomic mass is 32.2. The smallest absolute Gasteiger partial charge is 0.253 e. The predicted molar refractivity (Wildman–Crippen MR) is 108 cm³/mol. The summed E-state index contributed by atoms with van der Waals surface area (Å²) in [6.07, 6.45) is 4.16. The van der Waals surface area contributed by atoms with E-state index in [0.717, 1.165) is 29.4 Å². The molecule has 2 heterocycles. The van der Waals surface area contributed by atoms with Gasteiger partial charge in [0.2, 0.25) is 5.16 Å². The zero-order valence-electron chi connectivity index (χ0n) is 16.0. The first kappa shape index (κ1) is 18.2. The second-order valence-electron chi connectivity index (χ2n) is 7.44. The van der Waals surface area contributed by atoms with Crippen molar-refractivity contribution in [1.82, 2.24) is 19.6 Å². The number of nitrogens with zero attached hydrogens (tertiary/aromatic N) is 4. The molecule has 27 heavy (non-hydrogen) atoms. The Morgan fingerprint density at radius 3 is 2.67 bits per heavy atom. The van der Waals surface area contributed by atoms with Gasteiger partial charge in [0.25, 0.3) is 5.78 Å². The summed E-state index contributed by atoms with van der Waals surface area (Å²) < 4.78 is 1.65. The fourth-order valence-electron chi connectivity index (χ4n) is 3.51. The molecule has 0 fully saturated rings. The second-order valence-corrected chi connectivity index (χ2v) is 8.50. The number of thioether (sulfide) groups is 1. The van der Waals surface area contributed by atoms with Gasteiger partial charge < -0.3 is 0 Å². The summed E-state index contributed by atoms with van der Waals surface area (Å²) in [5, 5.41) is 5.17. The number of Topliss-reactive ketones (excluding diaryl/α,β-unsaturated/α-hetero) is 1. The Morgan fingerprint density at radius 2 is 1.96 bits per heavy atom. The quantitative estimate of drug-likeness (QED) is 0.602. The van der Waals surface area contributed by atoms with Crippen LogP contribution in [0.5, 0.6) is 0 Å². The minimum Gasteiger partial charge on any atom is -0.294 e. The molecular formula is C21H24N4OS. The van der Waals surface area contributed by atoms with Crippen LogP contribution in [0, 0.1) is 0 Å². The molecule has 3 aromatic rings. The molecule has 5 nitrogen and oxygen atoms in total. The highest BCUT2D eigenvalue weighted by Gasteiger charge is 2.28. The van der Waals surface area contributed by atoms with Crippen LogP contribution in [0.1, 0.15) is 72.6 Å². The van der Waals surface area contributed by atoms with Crippen LogP contribution in [0.25, 0.3) is 5.78 Å². The third kappa shape index (κ3) is 3.63. The maximum atomic E-state index is 12.8. The minimum atomic E-state index is 0.141. The number of carbonyl (C=O) groups excluding carboxylic acids is 1. The van der Waals surface area contributed by atoms with Gasteiger partial charge in [0, 0.05) is 18.4 Å². The lowest BCUT2D eigenvalue weighted by Crippen LogP contribution is -2.21. The van der Waals surface area contributed by atoms with Crippen LogP contribution in [0.2, 0.25) is 0 Å². The van der Waals surface area contributed by atoms with Gasteiger partial charge in [0.15, 0.2) is 5.78 Å². The minimum absolute atomic E-state index is 0.141. The van der Waals surface area contributed by atoms with Crippen LogP contribution >= 0.6 is 11.8 Å². The van der Waals surface area contributed by atoms with E-state index in [1.165, 1.54) is 11.1 Å². The normalized spacial score (nSPS) is 16.9. The van der Waals surface area contributed by atoms with Crippen LogP contribution in [0.3, 0.4) is 0 Å². The van der Waals surface area contributed by atoms with Gasteiger partial charge in [0.05, 0.1) is 11.3 Å². The van der Waals surface area contributed by atoms with E-state index in [9.17, 15) is 4.79 Å². The fourth-order valence-corrected chi connectivity index (χ4v) is 4.19. The largest absolute Gasteiger partial charge is 0.294 e. The van der Waals surface area contributed by atoms with Crippen molar-refractivity contribution in [2.45, 2.75) is 57.0 Å². The molecular weight excluding hydrogens is 356 g/mol. The Labute approximate surface area is 163 Å². The van der Waals surface area contributed by atoms with E-state index in [1.54, 1.807) is 22.5 Å². The molecule has 0 aliphatic heterocycles. The van der Waals surface area contributed by atoms with Crippen molar-refractivity contribution >= 4 is 23.3 Å². The first-order valence-corrected chi connectivity index (χ1v) is 10.6. The van der Waals surface area contributed by atoms with Gasteiger partial charge in [-0.15, -0.1) is 5.10 Å². The van der Waals surface area contributed by atoms with E-state index in [1.807, 2.05) is 0 Å². The summed E-state index contributed by atoms with van der Waals surface area (Å²) in [6.45, 7) is 6.51. The monoisotopic (exact) mass is 380 g/mol. The van der Waals surface area contributed by atoms with E-state index in [4.69, 9.17) is 0 Å². The molecule has 0 amide bonds. The highest BCUT2D eigenvalue weighted by molar-refractivity contribution is 7.99. The van der Waals surface area contributed by atoms with Gasteiger partial charge in [0.1, 0.15) is 0 Å². The molecule has 2 aromatic heterocycles. The molecule has 0 radical (unpaired) electrons. The summed E-state index contributed by atoms with van der Waals surface area (Å²) in [6, 6.07) is 8.67. The summed E-state index contributed by atoms with van der Waals surface area (Å²) in [4.78, 5) is 21.9. The number of rotatable bonds is 5. The van der Waals surface area contributed by atoms with E-state index in [-0.39, 0.29) is 11.7 Å². The van der Waals surface area contributed by atoms with E-state index in [0.29, 0.717) is 23.7 Å². The Kier molecular flexibility index (Phi) is 5.00. The predicted octanol–water partition coefficient (Wildman–Crippen LogP) is 4.66. The standard InChI is InChI=1S/C21H24N4OS/c1-4-9-27-21-23-20-22-18-10-16(11-19(26)17(18)12-25(20)24-21)15-7-5-14(6-8-15)13(2)3/h5-8,12-13,16H,4,9-11H2,1-3H3. The van der Waals surface area contributed by atoms with E-state index < -0.39 is 0 Å². The molecule has 0 saturated carbocycles. The zero-order chi connectivity index (χ0) is 19.0.